The molecule has 0 atom stereocenters. The minimum Gasteiger partial charge on any atom is -0.299 e. The number of thiophene rings is 1. The van der Waals surface area contributed by atoms with Gasteiger partial charge in [0.15, 0.2) is 0 Å². The van der Waals surface area contributed by atoms with E-state index in [1.54, 1.807) is 11.4 Å². The lowest BCUT2D eigenvalue weighted by molar-refractivity contribution is -0.144. The number of aromatic nitrogens is 1. The molecule has 0 bridgehead atoms. The Labute approximate surface area is 113 Å². The van der Waals surface area contributed by atoms with E-state index < -0.39 is 17.4 Å². The molecule has 0 aliphatic carbocycles. The van der Waals surface area contributed by atoms with Crippen molar-refractivity contribution in [1.29, 1.82) is 0 Å². The van der Waals surface area contributed by atoms with Crippen molar-refractivity contribution < 1.29 is 13.2 Å². The van der Waals surface area contributed by atoms with E-state index in [0.29, 0.717) is 9.35 Å². The summed E-state index contributed by atoms with van der Waals surface area (Å²) in [7, 11) is 0. The summed E-state index contributed by atoms with van der Waals surface area (Å²) in [5.41, 5.74) is -1.60. The van der Waals surface area contributed by atoms with Crippen molar-refractivity contribution in [3.05, 3.63) is 55.0 Å². The number of hydrogen-bond donors (Lipinski definition) is 0. The SMILES string of the molecule is O=c1cccc(C(F)(F)F)n1Cc1sccc1Br. The van der Waals surface area contributed by atoms with E-state index in [1.165, 1.54) is 11.3 Å². The van der Waals surface area contributed by atoms with E-state index in [-0.39, 0.29) is 6.54 Å². The first kappa shape index (κ1) is 13.4. The average Bonchev–Trinajstić information content (AvgIpc) is 2.66. The second-order valence-electron chi connectivity index (χ2n) is 3.52. The van der Waals surface area contributed by atoms with E-state index in [9.17, 15) is 18.0 Å². The fraction of sp³-hybridized carbons (Fsp3) is 0.182. The van der Waals surface area contributed by atoms with Gasteiger partial charge in [0, 0.05) is 15.4 Å². The van der Waals surface area contributed by atoms with E-state index in [1.807, 2.05) is 0 Å². The van der Waals surface area contributed by atoms with Gasteiger partial charge in [0.1, 0.15) is 5.69 Å². The lowest BCUT2D eigenvalue weighted by Crippen LogP contribution is -2.27. The van der Waals surface area contributed by atoms with Gasteiger partial charge in [-0.1, -0.05) is 6.07 Å². The van der Waals surface area contributed by atoms with Crippen LogP contribution in [0.2, 0.25) is 0 Å². The molecule has 0 aliphatic rings. The average molecular weight is 338 g/mol. The molecule has 0 N–H and O–H groups in total. The minimum absolute atomic E-state index is 0.0905. The lowest BCUT2D eigenvalue weighted by Gasteiger charge is -2.14. The Morgan fingerprint density at radius 1 is 1.28 bits per heavy atom. The highest BCUT2D eigenvalue weighted by Gasteiger charge is 2.34. The van der Waals surface area contributed by atoms with Gasteiger partial charge in [-0.15, -0.1) is 11.3 Å². The van der Waals surface area contributed by atoms with Crippen LogP contribution in [0.4, 0.5) is 13.2 Å². The van der Waals surface area contributed by atoms with Crippen molar-refractivity contribution in [3.8, 4) is 0 Å². The summed E-state index contributed by atoms with van der Waals surface area (Å²) in [6, 6.07) is 4.88. The zero-order valence-electron chi connectivity index (χ0n) is 8.87. The van der Waals surface area contributed by atoms with E-state index in [0.717, 1.165) is 22.8 Å². The topological polar surface area (TPSA) is 22.0 Å². The van der Waals surface area contributed by atoms with Gasteiger partial charge in [-0.2, -0.15) is 13.2 Å². The lowest BCUT2D eigenvalue weighted by atomic mass is 10.3. The van der Waals surface area contributed by atoms with Crippen LogP contribution >= 0.6 is 27.3 Å². The van der Waals surface area contributed by atoms with Crippen molar-refractivity contribution in [2.24, 2.45) is 0 Å². The van der Waals surface area contributed by atoms with Crippen molar-refractivity contribution in [2.75, 3.05) is 0 Å². The molecular weight excluding hydrogens is 331 g/mol. The highest BCUT2D eigenvalue weighted by molar-refractivity contribution is 9.10. The number of alkyl halides is 3. The smallest absolute Gasteiger partial charge is 0.299 e. The molecule has 0 radical (unpaired) electrons. The molecular formula is C11H7BrF3NOS. The summed E-state index contributed by atoms with van der Waals surface area (Å²) in [6.45, 7) is -0.0905. The molecule has 2 heterocycles. The molecule has 0 aliphatic heterocycles. The number of pyridine rings is 1. The molecule has 2 rings (SSSR count). The summed E-state index contributed by atoms with van der Waals surface area (Å²) < 4.78 is 39.8. The quantitative estimate of drug-likeness (QED) is 0.818. The van der Waals surface area contributed by atoms with Gasteiger partial charge in [0.25, 0.3) is 5.56 Å². The van der Waals surface area contributed by atoms with Crippen LogP contribution in [0.5, 0.6) is 0 Å². The van der Waals surface area contributed by atoms with Gasteiger partial charge < -0.3 is 0 Å². The van der Waals surface area contributed by atoms with Crippen molar-refractivity contribution in [3.63, 3.8) is 0 Å². The highest BCUT2D eigenvalue weighted by Crippen LogP contribution is 2.30. The Balaban J connectivity index is 2.51. The van der Waals surface area contributed by atoms with Crippen molar-refractivity contribution >= 4 is 27.3 Å². The number of hydrogen-bond acceptors (Lipinski definition) is 2. The molecule has 96 valence electrons. The standard InChI is InChI=1S/C11H7BrF3NOS/c12-7-4-5-18-8(7)6-16-9(11(13,14)15)2-1-3-10(16)17/h1-5H,6H2. The Bertz CT molecular complexity index is 617. The third-order valence-electron chi connectivity index (χ3n) is 2.33. The van der Waals surface area contributed by atoms with Crippen LogP contribution in [0, 0.1) is 0 Å². The van der Waals surface area contributed by atoms with E-state index >= 15 is 0 Å². The zero-order chi connectivity index (χ0) is 13.3. The Hall–Kier alpha value is -1.08. The van der Waals surface area contributed by atoms with Crippen LogP contribution in [0.15, 0.2) is 38.9 Å². The normalized spacial score (nSPS) is 11.8. The van der Waals surface area contributed by atoms with Gasteiger partial charge in [-0.05, 0) is 33.4 Å². The number of halogens is 4. The number of nitrogens with zero attached hydrogens (tertiary/aromatic N) is 1. The third kappa shape index (κ3) is 2.67. The fourth-order valence-electron chi connectivity index (χ4n) is 1.51. The van der Waals surface area contributed by atoms with Gasteiger partial charge in [-0.3, -0.25) is 9.36 Å². The maximum Gasteiger partial charge on any atom is 0.431 e. The Morgan fingerprint density at radius 3 is 2.56 bits per heavy atom. The molecule has 2 nitrogen and oxygen atoms in total. The second-order valence-corrected chi connectivity index (χ2v) is 5.38. The van der Waals surface area contributed by atoms with Gasteiger partial charge in [-0.25, -0.2) is 0 Å². The van der Waals surface area contributed by atoms with Crippen LogP contribution in [-0.2, 0) is 12.7 Å². The van der Waals surface area contributed by atoms with E-state index in [4.69, 9.17) is 0 Å². The third-order valence-corrected chi connectivity index (χ3v) is 4.24. The predicted octanol–water partition coefficient (Wildman–Crippen LogP) is 3.74. The summed E-state index contributed by atoms with van der Waals surface area (Å²) in [5, 5.41) is 1.75. The molecule has 0 saturated heterocycles. The molecule has 2 aromatic heterocycles. The van der Waals surface area contributed by atoms with Crippen LogP contribution in [0.3, 0.4) is 0 Å². The first-order valence-electron chi connectivity index (χ1n) is 4.88. The largest absolute Gasteiger partial charge is 0.431 e. The van der Waals surface area contributed by atoms with Crippen LogP contribution in [0.1, 0.15) is 10.6 Å². The summed E-state index contributed by atoms with van der Waals surface area (Å²) in [6.07, 6.45) is -4.54. The monoisotopic (exact) mass is 337 g/mol. The molecule has 18 heavy (non-hydrogen) atoms. The molecule has 0 amide bonds. The fourth-order valence-corrected chi connectivity index (χ4v) is 2.98. The van der Waals surface area contributed by atoms with Crippen LogP contribution in [0.25, 0.3) is 0 Å². The maximum absolute atomic E-state index is 12.8. The van der Waals surface area contributed by atoms with Crippen LogP contribution < -0.4 is 5.56 Å². The molecule has 0 aromatic carbocycles. The van der Waals surface area contributed by atoms with Crippen molar-refractivity contribution in [2.45, 2.75) is 12.7 Å². The molecule has 0 unspecified atom stereocenters. The summed E-state index contributed by atoms with van der Waals surface area (Å²) >= 11 is 4.54. The van der Waals surface area contributed by atoms with Gasteiger partial charge in [0.05, 0.1) is 6.54 Å². The highest BCUT2D eigenvalue weighted by atomic mass is 79.9. The first-order chi connectivity index (χ1) is 8.39. The molecule has 0 fully saturated rings. The first-order valence-corrected chi connectivity index (χ1v) is 6.56. The van der Waals surface area contributed by atoms with Crippen molar-refractivity contribution in [1.82, 2.24) is 4.57 Å². The molecule has 0 saturated carbocycles. The summed E-state index contributed by atoms with van der Waals surface area (Å²) in [5.74, 6) is 0. The minimum atomic E-state index is -4.54. The van der Waals surface area contributed by atoms with Gasteiger partial charge in [0.2, 0.25) is 0 Å². The van der Waals surface area contributed by atoms with Crippen LogP contribution in [-0.4, -0.2) is 4.57 Å². The number of rotatable bonds is 2. The summed E-state index contributed by atoms with van der Waals surface area (Å²) in [4.78, 5) is 12.3. The Morgan fingerprint density at radius 2 is 2.00 bits per heavy atom. The van der Waals surface area contributed by atoms with Gasteiger partial charge >= 0.3 is 6.18 Å². The molecule has 0 spiro atoms. The second kappa shape index (κ2) is 4.89. The predicted molar refractivity (Wildman–Crippen MR) is 66.8 cm³/mol. The van der Waals surface area contributed by atoms with E-state index in [2.05, 4.69) is 15.9 Å². The maximum atomic E-state index is 12.8. The molecule has 7 heteroatoms. The molecule has 2 aromatic rings. The Kier molecular flexibility index (Phi) is 3.63. The zero-order valence-corrected chi connectivity index (χ0v) is 11.3.